The van der Waals surface area contributed by atoms with E-state index < -0.39 is 4.92 Å². The highest BCUT2D eigenvalue weighted by molar-refractivity contribution is 6.03. The zero-order valence-electron chi connectivity index (χ0n) is 14.4. The van der Waals surface area contributed by atoms with Gasteiger partial charge in [-0.2, -0.15) is 0 Å². The molecule has 1 N–H and O–H groups in total. The number of hydrogen-bond acceptors (Lipinski definition) is 4. The van der Waals surface area contributed by atoms with Crippen LogP contribution in [0, 0.1) is 10.1 Å². The Morgan fingerprint density at radius 2 is 1.85 bits per heavy atom. The van der Waals surface area contributed by atoms with Crippen molar-refractivity contribution < 1.29 is 14.1 Å². The predicted molar refractivity (Wildman–Crippen MR) is 99.3 cm³/mol. The van der Waals surface area contributed by atoms with Crippen LogP contribution in [0.1, 0.15) is 35.9 Å². The second-order valence-electron chi connectivity index (χ2n) is 6.17. The molecule has 1 aromatic heterocycles. The third-order valence-corrected chi connectivity index (χ3v) is 4.00. The van der Waals surface area contributed by atoms with Crippen LogP contribution in [0.25, 0.3) is 11.3 Å². The van der Waals surface area contributed by atoms with E-state index in [4.69, 9.17) is 4.42 Å². The lowest BCUT2D eigenvalue weighted by Crippen LogP contribution is -2.12. The number of hydrogen-bond donors (Lipinski definition) is 1. The summed E-state index contributed by atoms with van der Waals surface area (Å²) in [6.07, 6.45) is 0. The molecular weight excluding hydrogens is 332 g/mol. The summed E-state index contributed by atoms with van der Waals surface area (Å²) in [5.41, 5.74) is 2.28. The molecule has 0 saturated carbocycles. The molecule has 6 heteroatoms. The predicted octanol–water partition coefficient (Wildman–Crippen LogP) is 5.23. The van der Waals surface area contributed by atoms with Gasteiger partial charge in [-0.15, -0.1) is 0 Å². The second-order valence-corrected chi connectivity index (χ2v) is 6.17. The molecule has 0 aliphatic carbocycles. The smallest absolute Gasteiger partial charge is 0.291 e. The van der Waals surface area contributed by atoms with Crippen LogP contribution in [-0.4, -0.2) is 10.8 Å². The molecule has 0 fully saturated rings. The number of amides is 1. The number of carbonyl (C=O) groups excluding carboxylic acids is 1. The first-order valence-electron chi connectivity index (χ1n) is 8.20. The van der Waals surface area contributed by atoms with Crippen LogP contribution < -0.4 is 5.32 Å². The third kappa shape index (κ3) is 3.64. The summed E-state index contributed by atoms with van der Waals surface area (Å²) < 4.78 is 5.60. The van der Waals surface area contributed by atoms with E-state index in [9.17, 15) is 14.9 Å². The molecule has 0 atom stereocenters. The molecule has 2 aromatic carbocycles. The zero-order chi connectivity index (χ0) is 18.7. The first-order chi connectivity index (χ1) is 12.5. The maximum atomic E-state index is 12.5. The van der Waals surface area contributed by atoms with Gasteiger partial charge in [0.1, 0.15) is 5.76 Å². The van der Waals surface area contributed by atoms with Crippen molar-refractivity contribution in [3.8, 4) is 11.3 Å². The average molecular weight is 350 g/mol. The summed E-state index contributed by atoms with van der Waals surface area (Å²) in [5.74, 6) is 0.444. The number of nitrogens with zero attached hydrogens (tertiary/aromatic N) is 1. The number of nitro groups is 1. The van der Waals surface area contributed by atoms with Gasteiger partial charge in [-0.3, -0.25) is 14.9 Å². The number of furan rings is 1. The Kier molecular flexibility index (Phi) is 4.84. The molecule has 0 saturated heterocycles. The summed E-state index contributed by atoms with van der Waals surface area (Å²) in [4.78, 5) is 22.9. The third-order valence-electron chi connectivity index (χ3n) is 4.00. The van der Waals surface area contributed by atoms with E-state index >= 15 is 0 Å². The van der Waals surface area contributed by atoms with E-state index in [-0.39, 0.29) is 23.3 Å². The average Bonchev–Trinajstić information content (AvgIpc) is 3.12. The van der Waals surface area contributed by atoms with Gasteiger partial charge in [0, 0.05) is 23.4 Å². The maximum absolute atomic E-state index is 12.5. The molecule has 3 aromatic rings. The molecule has 0 aliphatic heterocycles. The van der Waals surface area contributed by atoms with E-state index in [1.807, 2.05) is 24.3 Å². The van der Waals surface area contributed by atoms with Crippen molar-refractivity contribution in [3.05, 3.63) is 82.1 Å². The molecule has 132 valence electrons. The fourth-order valence-electron chi connectivity index (χ4n) is 2.69. The monoisotopic (exact) mass is 350 g/mol. The minimum absolute atomic E-state index is 0.0317. The van der Waals surface area contributed by atoms with Crippen molar-refractivity contribution in [3.63, 3.8) is 0 Å². The van der Waals surface area contributed by atoms with Crippen LogP contribution in [0.3, 0.4) is 0 Å². The Hall–Kier alpha value is -3.41. The second kappa shape index (κ2) is 7.23. The van der Waals surface area contributed by atoms with E-state index in [1.54, 1.807) is 24.3 Å². The fourth-order valence-corrected chi connectivity index (χ4v) is 2.69. The number of nitro benzene ring substituents is 1. The number of para-hydroxylation sites is 1. The standard InChI is InChI=1S/C20H18N2O4/c1-13(2)16-8-3-4-9-17(16)21-20(23)19-11-10-18(26-19)14-6-5-7-15(12-14)22(24)25/h3-13H,1-2H3,(H,21,23). The van der Waals surface area contributed by atoms with Crippen molar-refractivity contribution in [2.75, 3.05) is 5.32 Å². The van der Waals surface area contributed by atoms with Crippen LogP contribution in [0.2, 0.25) is 0 Å². The number of non-ortho nitro benzene ring substituents is 1. The van der Waals surface area contributed by atoms with Crippen LogP contribution in [0.4, 0.5) is 11.4 Å². The highest BCUT2D eigenvalue weighted by Crippen LogP contribution is 2.27. The molecule has 3 rings (SSSR count). The van der Waals surface area contributed by atoms with Gasteiger partial charge in [0.25, 0.3) is 11.6 Å². The van der Waals surface area contributed by atoms with E-state index in [2.05, 4.69) is 19.2 Å². The SMILES string of the molecule is CC(C)c1ccccc1NC(=O)c1ccc(-c2cccc([N+](=O)[O-])c2)o1. The Morgan fingerprint density at radius 3 is 2.58 bits per heavy atom. The lowest BCUT2D eigenvalue weighted by molar-refractivity contribution is -0.384. The molecule has 1 amide bonds. The van der Waals surface area contributed by atoms with Crippen molar-refractivity contribution in [1.82, 2.24) is 0 Å². The summed E-state index contributed by atoms with van der Waals surface area (Å²) in [6, 6.07) is 16.9. The van der Waals surface area contributed by atoms with Gasteiger partial charge in [-0.25, -0.2) is 0 Å². The zero-order valence-corrected chi connectivity index (χ0v) is 14.4. The van der Waals surface area contributed by atoms with Crippen LogP contribution in [0.15, 0.2) is 65.1 Å². The highest BCUT2D eigenvalue weighted by atomic mass is 16.6. The molecule has 0 aliphatic rings. The van der Waals surface area contributed by atoms with Gasteiger partial charge in [0.2, 0.25) is 0 Å². The topological polar surface area (TPSA) is 85.4 Å². The molecule has 0 spiro atoms. The molecule has 0 bridgehead atoms. The summed E-state index contributed by atoms with van der Waals surface area (Å²) in [6.45, 7) is 4.11. The normalized spacial score (nSPS) is 10.7. The number of benzene rings is 2. The minimum atomic E-state index is -0.469. The fraction of sp³-hybridized carbons (Fsp3) is 0.150. The summed E-state index contributed by atoms with van der Waals surface area (Å²) in [7, 11) is 0. The van der Waals surface area contributed by atoms with Crippen LogP contribution in [-0.2, 0) is 0 Å². The number of rotatable bonds is 5. The molecular formula is C20H18N2O4. The van der Waals surface area contributed by atoms with Gasteiger partial charge in [-0.1, -0.05) is 44.2 Å². The Balaban J connectivity index is 1.83. The van der Waals surface area contributed by atoms with Gasteiger partial charge in [0.15, 0.2) is 5.76 Å². The van der Waals surface area contributed by atoms with Gasteiger partial charge in [0.05, 0.1) is 4.92 Å². The lowest BCUT2D eigenvalue weighted by Gasteiger charge is -2.12. The number of anilines is 1. The van der Waals surface area contributed by atoms with E-state index in [0.717, 1.165) is 11.3 Å². The van der Waals surface area contributed by atoms with E-state index in [1.165, 1.54) is 12.1 Å². The number of carbonyl (C=O) groups is 1. The van der Waals surface area contributed by atoms with Crippen molar-refractivity contribution >= 4 is 17.3 Å². The Labute approximate surface area is 150 Å². The summed E-state index contributed by atoms with van der Waals surface area (Å²) >= 11 is 0. The molecule has 26 heavy (non-hydrogen) atoms. The molecule has 0 unspecified atom stereocenters. The quantitative estimate of drug-likeness (QED) is 0.504. The molecule has 6 nitrogen and oxygen atoms in total. The summed E-state index contributed by atoms with van der Waals surface area (Å²) in [5, 5.41) is 13.8. The first kappa shape index (κ1) is 17.4. The Bertz CT molecular complexity index is 960. The highest BCUT2D eigenvalue weighted by Gasteiger charge is 2.16. The van der Waals surface area contributed by atoms with Gasteiger partial charge < -0.3 is 9.73 Å². The maximum Gasteiger partial charge on any atom is 0.291 e. The molecule has 1 heterocycles. The first-order valence-corrected chi connectivity index (χ1v) is 8.20. The Morgan fingerprint density at radius 1 is 1.08 bits per heavy atom. The van der Waals surface area contributed by atoms with E-state index in [0.29, 0.717) is 11.3 Å². The van der Waals surface area contributed by atoms with Crippen molar-refractivity contribution in [1.29, 1.82) is 0 Å². The van der Waals surface area contributed by atoms with Gasteiger partial charge >= 0.3 is 0 Å². The van der Waals surface area contributed by atoms with Crippen LogP contribution >= 0.6 is 0 Å². The molecule has 0 radical (unpaired) electrons. The minimum Gasteiger partial charge on any atom is -0.451 e. The lowest BCUT2D eigenvalue weighted by atomic mass is 10.0. The largest absolute Gasteiger partial charge is 0.451 e. The van der Waals surface area contributed by atoms with Gasteiger partial charge in [-0.05, 0) is 29.7 Å². The van der Waals surface area contributed by atoms with Crippen molar-refractivity contribution in [2.45, 2.75) is 19.8 Å². The van der Waals surface area contributed by atoms with Crippen molar-refractivity contribution in [2.24, 2.45) is 0 Å². The number of nitrogens with one attached hydrogen (secondary N) is 1. The van der Waals surface area contributed by atoms with Crippen LogP contribution in [0.5, 0.6) is 0 Å².